The molecule has 0 spiro atoms. The minimum atomic E-state index is -4.39. The first-order valence-electron chi connectivity index (χ1n) is 7.23. The summed E-state index contributed by atoms with van der Waals surface area (Å²) in [5.41, 5.74) is -0.398. The Kier molecular flexibility index (Phi) is 3.82. The summed E-state index contributed by atoms with van der Waals surface area (Å²) in [6.07, 6.45) is -2.04. The van der Waals surface area contributed by atoms with Crippen LogP contribution >= 0.6 is 11.6 Å². The maximum atomic E-state index is 13.3. The number of nitrogens with one attached hydrogen (secondary N) is 1. The van der Waals surface area contributed by atoms with E-state index >= 15 is 0 Å². The Bertz CT molecular complexity index is 528. The third kappa shape index (κ3) is 3.14. The first kappa shape index (κ1) is 15.0. The number of halogens is 4. The number of hydrogen-bond acceptors (Lipinski definition) is 2. The molecular formula is C15H18ClF3N2. The van der Waals surface area contributed by atoms with Crippen LogP contribution in [-0.4, -0.2) is 25.2 Å². The Hall–Kier alpha value is -0.940. The highest BCUT2D eigenvalue weighted by Gasteiger charge is 2.40. The lowest BCUT2D eigenvalue weighted by atomic mass is 10.0. The molecule has 21 heavy (non-hydrogen) atoms. The van der Waals surface area contributed by atoms with Gasteiger partial charge in [-0.25, -0.2) is 0 Å². The predicted molar refractivity (Wildman–Crippen MR) is 77.8 cm³/mol. The number of alkyl halides is 3. The minimum Gasteiger partial charge on any atom is -0.365 e. The van der Waals surface area contributed by atoms with Crippen LogP contribution in [0.3, 0.4) is 0 Å². The van der Waals surface area contributed by atoms with E-state index in [-0.39, 0.29) is 22.8 Å². The number of hydrogen-bond donors (Lipinski definition) is 1. The molecule has 0 amide bonds. The Morgan fingerprint density at radius 3 is 2.62 bits per heavy atom. The topological polar surface area (TPSA) is 15.3 Å². The number of anilines is 1. The Balaban J connectivity index is 1.94. The van der Waals surface area contributed by atoms with Crippen molar-refractivity contribution in [2.45, 2.75) is 38.0 Å². The molecule has 116 valence electrons. The largest absolute Gasteiger partial charge is 0.418 e. The van der Waals surface area contributed by atoms with Crippen LogP contribution in [0.4, 0.5) is 18.9 Å². The molecule has 0 aromatic heterocycles. The first-order chi connectivity index (χ1) is 9.86. The Labute approximate surface area is 127 Å². The van der Waals surface area contributed by atoms with Gasteiger partial charge in [0, 0.05) is 35.9 Å². The SMILES string of the molecule is CC1CNC(C2CC2)CN1c1ccc(Cl)cc1C(F)(F)F. The summed E-state index contributed by atoms with van der Waals surface area (Å²) < 4.78 is 39.8. The van der Waals surface area contributed by atoms with E-state index in [0.29, 0.717) is 19.0 Å². The summed E-state index contributed by atoms with van der Waals surface area (Å²) in [6.45, 7) is 3.28. The second-order valence-corrected chi connectivity index (χ2v) is 6.45. The normalized spacial score (nSPS) is 27.0. The second kappa shape index (κ2) is 5.36. The fourth-order valence-corrected chi connectivity index (χ4v) is 3.20. The first-order valence-corrected chi connectivity index (χ1v) is 7.61. The molecule has 2 atom stereocenters. The number of piperazine rings is 1. The molecule has 2 fully saturated rings. The zero-order valence-electron chi connectivity index (χ0n) is 11.8. The Morgan fingerprint density at radius 2 is 2.00 bits per heavy atom. The fraction of sp³-hybridized carbons (Fsp3) is 0.600. The van der Waals surface area contributed by atoms with E-state index in [1.165, 1.54) is 25.0 Å². The lowest BCUT2D eigenvalue weighted by Gasteiger charge is -2.41. The molecule has 1 aromatic carbocycles. The highest BCUT2D eigenvalue weighted by Crippen LogP contribution is 2.41. The smallest absolute Gasteiger partial charge is 0.365 e. The summed E-state index contributed by atoms with van der Waals surface area (Å²) >= 11 is 5.76. The van der Waals surface area contributed by atoms with Gasteiger partial charge in [-0.05, 0) is 43.9 Å². The van der Waals surface area contributed by atoms with Crippen molar-refractivity contribution in [3.05, 3.63) is 28.8 Å². The average Bonchev–Trinajstić information content (AvgIpc) is 3.23. The van der Waals surface area contributed by atoms with Crippen LogP contribution in [0.2, 0.25) is 5.02 Å². The summed E-state index contributed by atoms with van der Waals surface area (Å²) in [7, 11) is 0. The molecule has 0 bridgehead atoms. The van der Waals surface area contributed by atoms with Gasteiger partial charge in [0.05, 0.1) is 5.56 Å². The zero-order chi connectivity index (χ0) is 15.2. The van der Waals surface area contributed by atoms with Gasteiger partial charge < -0.3 is 10.2 Å². The van der Waals surface area contributed by atoms with Gasteiger partial charge in [-0.15, -0.1) is 0 Å². The second-order valence-electron chi connectivity index (χ2n) is 6.01. The van der Waals surface area contributed by atoms with Gasteiger partial charge in [-0.1, -0.05) is 11.6 Å². The highest BCUT2D eigenvalue weighted by molar-refractivity contribution is 6.30. The van der Waals surface area contributed by atoms with Crippen LogP contribution in [-0.2, 0) is 6.18 Å². The molecule has 1 N–H and O–H groups in total. The number of benzene rings is 1. The van der Waals surface area contributed by atoms with Gasteiger partial charge in [-0.3, -0.25) is 0 Å². The highest BCUT2D eigenvalue weighted by atomic mass is 35.5. The van der Waals surface area contributed by atoms with Crippen LogP contribution in [0.5, 0.6) is 0 Å². The van der Waals surface area contributed by atoms with E-state index in [1.807, 2.05) is 11.8 Å². The standard InChI is InChI=1S/C15H18ClF3N2/c1-9-7-20-13(10-2-3-10)8-21(9)14-5-4-11(16)6-12(14)15(17,18)19/h4-6,9-10,13,20H,2-3,7-8H2,1H3. The average molecular weight is 319 g/mol. The third-order valence-corrected chi connectivity index (χ3v) is 4.60. The van der Waals surface area contributed by atoms with E-state index in [2.05, 4.69) is 5.32 Å². The van der Waals surface area contributed by atoms with Crippen molar-refractivity contribution in [2.75, 3.05) is 18.0 Å². The van der Waals surface area contributed by atoms with E-state index in [1.54, 1.807) is 0 Å². The molecule has 2 nitrogen and oxygen atoms in total. The van der Waals surface area contributed by atoms with E-state index in [9.17, 15) is 13.2 Å². The molecule has 6 heteroatoms. The van der Waals surface area contributed by atoms with Crippen molar-refractivity contribution in [3.8, 4) is 0 Å². The quantitative estimate of drug-likeness (QED) is 0.888. The van der Waals surface area contributed by atoms with Crippen molar-refractivity contribution >= 4 is 17.3 Å². The molecule has 2 aliphatic rings. The molecule has 0 radical (unpaired) electrons. The summed E-state index contributed by atoms with van der Waals surface area (Å²) in [4.78, 5) is 1.87. The van der Waals surface area contributed by atoms with Crippen LogP contribution in [0.15, 0.2) is 18.2 Å². The maximum absolute atomic E-state index is 13.3. The lowest BCUT2D eigenvalue weighted by Crippen LogP contribution is -2.56. The summed E-state index contributed by atoms with van der Waals surface area (Å²) in [6, 6.07) is 4.38. The molecule has 1 aliphatic heterocycles. The lowest BCUT2D eigenvalue weighted by molar-refractivity contribution is -0.137. The maximum Gasteiger partial charge on any atom is 0.418 e. The molecule has 1 saturated carbocycles. The summed E-state index contributed by atoms with van der Waals surface area (Å²) in [5.74, 6) is 0.613. The number of rotatable bonds is 2. The monoisotopic (exact) mass is 318 g/mol. The van der Waals surface area contributed by atoms with E-state index in [0.717, 1.165) is 6.07 Å². The van der Waals surface area contributed by atoms with Crippen molar-refractivity contribution in [1.82, 2.24) is 5.32 Å². The van der Waals surface area contributed by atoms with Gasteiger partial charge in [0.1, 0.15) is 0 Å². The van der Waals surface area contributed by atoms with Crippen LogP contribution in [0.1, 0.15) is 25.3 Å². The zero-order valence-corrected chi connectivity index (χ0v) is 12.5. The number of nitrogens with zero attached hydrogens (tertiary/aromatic N) is 1. The van der Waals surface area contributed by atoms with Crippen molar-refractivity contribution in [3.63, 3.8) is 0 Å². The minimum absolute atomic E-state index is 0.0299. The van der Waals surface area contributed by atoms with Crippen molar-refractivity contribution in [2.24, 2.45) is 5.92 Å². The van der Waals surface area contributed by atoms with Gasteiger partial charge in [0.15, 0.2) is 0 Å². The van der Waals surface area contributed by atoms with Crippen LogP contribution < -0.4 is 10.2 Å². The molecule has 1 aromatic rings. The van der Waals surface area contributed by atoms with E-state index < -0.39 is 11.7 Å². The van der Waals surface area contributed by atoms with Gasteiger partial charge in [-0.2, -0.15) is 13.2 Å². The van der Waals surface area contributed by atoms with Crippen LogP contribution in [0, 0.1) is 5.92 Å². The fourth-order valence-electron chi connectivity index (χ4n) is 3.02. The molecule has 1 aliphatic carbocycles. The predicted octanol–water partition coefficient (Wildman–Crippen LogP) is 3.94. The molecule has 3 rings (SSSR count). The van der Waals surface area contributed by atoms with Crippen molar-refractivity contribution in [1.29, 1.82) is 0 Å². The Morgan fingerprint density at radius 1 is 1.29 bits per heavy atom. The molecule has 1 saturated heterocycles. The summed E-state index contributed by atoms with van der Waals surface area (Å²) in [5, 5.41) is 3.57. The van der Waals surface area contributed by atoms with Crippen LogP contribution in [0.25, 0.3) is 0 Å². The molecule has 2 unspecified atom stereocenters. The third-order valence-electron chi connectivity index (χ3n) is 4.37. The van der Waals surface area contributed by atoms with Gasteiger partial charge in [0.25, 0.3) is 0 Å². The van der Waals surface area contributed by atoms with E-state index in [4.69, 9.17) is 11.6 Å². The van der Waals surface area contributed by atoms with Crippen molar-refractivity contribution < 1.29 is 13.2 Å². The van der Waals surface area contributed by atoms with Gasteiger partial charge >= 0.3 is 6.18 Å². The molecular weight excluding hydrogens is 301 g/mol. The van der Waals surface area contributed by atoms with Gasteiger partial charge in [0.2, 0.25) is 0 Å². The molecule has 1 heterocycles.